The topological polar surface area (TPSA) is 117 Å². The van der Waals surface area contributed by atoms with Crippen molar-refractivity contribution < 1.29 is 24.6 Å². The molecule has 7 nitrogen and oxygen atoms in total. The molecule has 3 N–H and O–H groups in total. The molecule has 1 aromatic rings. The third-order valence-electron chi connectivity index (χ3n) is 2.13. The molecule has 1 aromatic heterocycles. The number of pyridine rings is 1. The van der Waals surface area contributed by atoms with Gasteiger partial charge in [0.05, 0.1) is 12.8 Å². The van der Waals surface area contributed by atoms with Crippen molar-refractivity contribution in [3.8, 4) is 0 Å². The Bertz CT molecular complexity index is 446. The zero-order valence-electron chi connectivity index (χ0n) is 9.37. The minimum absolute atomic E-state index is 0.0219. The zero-order valence-corrected chi connectivity index (χ0v) is 9.37. The summed E-state index contributed by atoms with van der Waals surface area (Å²) in [5.74, 6) is -3.21. The van der Waals surface area contributed by atoms with Crippen LogP contribution in [-0.2, 0) is 20.8 Å². The summed E-state index contributed by atoms with van der Waals surface area (Å²) >= 11 is 0. The molecule has 0 aromatic carbocycles. The van der Waals surface area contributed by atoms with Gasteiger partial charge < -0.3 is 15.5 Å². The Balaban J connectivity index is 2.56. The number of carboxylic acids is 2. The van der Waals surface area contributed by atoms with Crippen LogP contribution in [0.5, 0.6) is 0 Å². The van der Waals surface area contributed by atoms with E-state index in [9.17, 15) is 14.4 Å². The Morgan fingerprint density at radius 1 is 1.22 bits per heavy atom. The van der Waals surface area contributed by atoms with E-state index in [1.54, 1.807) is 12.1 Å². The van der Waals surface area contributed by atoms with E-state index < -0.39 is 30.3 Å². The van der Waals surface area contributed by atoms with Crippen molar-refractivity contribution in [2.75, 3.05) is 0 Å². The Morgan fingerprint density at radius 3 is 2.33 bits per heavy atom. The molecular formula is C11H12N2O5. The Labute approximate surface area is 102 Å². The van der Waals surface area contributed by atoms with E-state index in [-0.39, 0.29) is 6.42 Å². The zero-order chi connectivity index (χ0) is 13.5. The number of amides is 1. The average Bonchev–Trinajstić information content (AvgIpc) is 2.28. The lowest BCUT2D eigenvalue weighted by Gasteiger charge is -2.12. The number of nitrogens with zero attached hydrogens (tertiary/aromatic N) is 1. The van der Waals surface area contributed by atoms with E-state index >= 15 is 0 Å². The lowest BCUT2D eigenvalue weighted by Crippen LogP contribution is -2.42. The van der Waals surface area contributed by atoms with Crippen molar-refractivity contribution >= 4 is 17.8 Å². The number of carbonyl (C=O) groups is 3. The number of aliphatic carboxylic acids is 2. The highest BCUT2D eigenvalue weighted by molar-refractivity contribution is 5.87. The maximum absolute atomic E-state index is 11.5. The molecule has 1 rings (SSSR count). The number of carbonyl (C=O) groups excluding carboxylic acids is 1. The van der Waals surface area contributed by atoms with Gasteiger partial charge in [-0.05, 0) is 17.7 Å². The lowest BCUT2D eigenvalue weighted by molar-refractivity contribution is -0.147. The van der Waals surface area contributed by atoms with Crippen molar-refractivity contribution in [2.45, 2.75) is 18.9 Å². The molecule has 0 bridgehead atoms. The molecule has 0 fully saturated rings. The summed E-state index contributed by atoms with van der Waals surface area (Å²) in [5.41, 5.74) is 0.668. The van der Waals surface area contributed by atoms with Gasteiger partial charge in [0.1, 0.15) is 6.04 Å². The molecule has 0 aliphatic carbocycles. The second-order valence-corrected chi connectivity index (χ2v) is 3.59. The lowest BCUT2D eigenvalue weighted by atomic mass is 10.1. The number of aromatic nitrogens is 1. The third-order valence-corrected chi connectivity index (χ3v) is 2.13. The van der Waals surface area contributed by atoms with Crippen LogP contribution in [0.2, 0.25) is 0 Å². The summed E-state index contributed by atoms with van der Waals surface area (Å²) in [6.07, 6.45) is 2.34. The van der Waals surface area contributed by atoms with Gasteiger partial charge in [0.2, 0.25) is 5.91 Å². The highest BCUT2D eigenvalue weighted by atomic mass is 16.4. The molecule has 0 saturated heterocycles. The summed E-state index contributed by atoms with van der Waals surface area (Å²) in [7, 11) is 0. The molecule has 7 heteroatoms. The van der Waals surface area contributed by atoms with Gasteiger partial charge in [-0.2, -0.15) is 0 Å². The van der Waals surface area contributed by atoms with E-state index in [0.29, 0.717) is 5.56 Å². The minimum atomic E-state index is -1.42. The van der Waals surface area contributed by atoms with Crippen LogP contribution in [0.3, 0.4) is 0 Å². The van der Waals surface area contributed by atoms with Gasteiger partial charge in [-0.25, -0.2) is 4.79 Å². The smallest absolute Gasteiger partial charge is 0.326 e. The van der Waals surface area contributed by atoms with Crippen molar-refractivity contribution in [3.05, 3.63) is 30.1 Å². The molecule has 1 amide bonds. The molecule has 96 valence electrons. The van der Waals surface area contributed by atoms with Crippen LogP contribution in [0.1, 0.15) is 12.0 Å². The maximum atomic E-state index is 11.5. The van der Waals surface area contributed by atoms with Crippen LogP contribution < -0.4 is 5.32 Å². The summed E-state index contributed by atoms with van der Waals surface area (Å²) in [6, 6.07) is 1.82. The molecular weight excluding hydrogens is 240 g/mol. The Morgan fingerprint density at radius 2 is 1.83 bits per heavy atom. The van der Waals surface area contributed by atoms with Gasteiger partial charge in [0.25, 0.3) is 0 Å². The number of rotatable bonds is 6. The van der Waals surface area contributed by atoms with Crippen LogP contribution in [0.25, 0.3) is 0 Å². The number of hydrogen-bond donors (Lipinski definition) is 3. The summed E-state index contributed by atoms with van der Waals surface area (Å²) in [5, 5.41) is 19.4. The fourth-order valence-corrected chi connectivity index (χ4v) is 1.31. The summed E-state index contributed by atoms with van der Waals surface area (Å²) < 4.78 is 0. The van der Waals surface area contributed by atoms with Gasteiger partial charge in [-0.3, -0.25) is 14.6 Å². The largest absolute Gasteiger partial charge is 0.481 e. The van der Waals surface area contributed by atoms with Crippen molar-refractivity contribution in [1.82, 2.24) is 10.3 Å². The second kappa shape index (κ2) is 6.33. The normalized spacial score (nSPS) is 11.6. The molecule has 1 atom stereocenters. The van der Waals surface area contributed by atoms with Crippen molar-refractivity contribution in [3.63, 3.8) is 0 Å². The molecule has 0 spiro atoms. The van der Waals surface area contributed by atoms with Crippen LogP contribution in [0, 0.1) is 0 Å². The second-order valence-electron chi connectivity index (χ2n) is 3.59. The highest BCUT2D eigenvalue weighted by Gasteiger charge is 2.22. The predicted molar refractivity (Wildman–Crippen MR) is 59.8 cm³/mol. The molecule has 0 radical (unpaired) electrons. The van der Waals surface area contributed by atoms with Crippen LogP contribution >= 0.6 is 0 Å². The van der Waals surface area contributed by atoms with Crippen LogP contribution in [0.15, 0.2) is 24.5 Å². The van der Waals surface area contributed by atoms with Gasteiger partial charge in [0, 0.05) is 12.4 Å². The predicted octanol–water partition coefficient (Wildman–Crippen LogP) is -0.332. The molecule has 0 aliphatic heterocycles. The molecule has 0 saturated carbocycles. The standard InChI is InChI=1S/C11H12N2O5/c14-9(5-7-1-3-12-4-2-7)13-8(11(17)18)6-10(15)16/h1-4,8H,5-6H2,(H,13,14)(H,15,16)(H,17,18)/t8-/m1/s1. The quantitative estimate of drug-likeness (QED) is 0.638. The fourth-order valence-electron chi connectivity index (χ4n) is 1.31. The number of carboxylic acid groups (broad SMARTS) is 2. The average molecular weight is 252 g/mol. The monoisotopic (exact) mass is 252 g/mol. The minimum Gasteiger partial charge on any atom is -0.481 e. The maximum Gasteiger partial charge on any atom is 0.326 e. The molecule has 0 aliphatic rings. The van der Waals surface area contributed by atoms with Crippen molar-refractivity contribution in [2.24, 2.45) is 0 Å². The molecule has 0 unspecified atom stereocenters. The summed E-state index contributed by atoms with van der Waals surface area (Å²) in [4.78, 5) is 36.5. The van der Waals surface area contributed by atoms with E-state index in [4.69, 9.17) is 10.2 Å². The first-order valence-electron chi connectivity index (χ1n) is 5.12. The van der Waals surface area contributed by atoms with E-state index in [1.807, 2.05) is 0 Å². The van der Waals surface area contributed by atoms with Gasteiger partial charge >= 0.3 is 11.9 Å². The molecule has 1 heterocycles. The van der Waals surface area contributed by atoms with E-state index in [0.717, 1.165) is 0 Å². The first-order valence-corrected chi connectivity index (χ1v) is 5.12. The molecule has 18 heavy (non-hydrogen) atoms. The van der Waals surface area contributed by atoms with Gasteiger partial charge in [0.15, 0.2) is 0 Å². The number of hydrogen-bond acceptors (Lipinski definition) is 4. The first kappa shape index (κ1) is 13.6. The SMILES string of the molecule is O=C(O)C[C@@H](NC(=O)Cc1ccncc1)C(=O)O. The van der Waals surface area contributed by atoms with E-state index in [1.165, 1.54) is 12.4 Å². The fraction of sp³-hybridized carbons (Fsp3) is 0.273. The van der Waals surface area contributed by atoms with Crippen LogP contribution in [0.4, 0.5) is 0 Å². The first-order chi connectivity index (χ1) is 8.49. The Hall–Kier alpha value is -2.44. The summed E-state index contributed by atoms with van der Waals surface area (Å²) in [6.45, 7) is 0. The van der Waals surface area contributed by atoms with Gasteiger partial charge in [-0.15, -0.1) is 0 Å². The van der Waals surface area contributed by atoms with Crippen molar-refractivity contribution in [1.29, 1.82) is 0 Å². The van der Waals surface area contributed by atoms with E-state index in [2.05, 4.69) is 10.3 Å². The number of nitrogens with one attached hydrogen (secondary N) is 1. The van der Waals surface area contributed by atoms with Gasteiger partial charge in [-0.1, -0.05) is 0 Å². The Kier molecular flexibility index (Phi) is 4.79. The van der Waals surface area contributed by atoms with Crippen LogP contribution in [-0.4, -0.2) is 39.1 Å². The third kappa shape index (κ3) is 4.60. The highest BCUT2D eigenvalue weighted by Crippen LogP contribution is 1.99.